The zero-order valence-electron chi connectivity index (χ0n) is 16.6. The highest BCUT2D eigenvalue weighted by molar-refractivity contribution is 5.85. The summed E-state index contributed by atoms with van der Waals surface area (Å²) in [7, 11) is 0. The number of nitrogen functional groups attached to an aromatic ring is 2. The fourth-order valence-electron chi connectivity index (χ4n) is 3.01. The molecule has 0 spiro atoms. The molecule has 0 radical (unpaired) electrons. The summed E-state index contributed by atoms with van der Waals surface area (Å²) >= 11 is 0. The lowest BCUT2D eigenvalue weighted by Crippen LogP contribution is -2.16. The SMILES string of the molecule is C1COCCO1.Cc1cc(Cn2nnc3c(-c4ccco4)nc(N)nc32)ccc1N. The van der Waals surface area contributed by atoms with Crippen LogP contribution in [-0.4, -0.2) is 51.4 Å². The molecule has 1 saturated heterocycles. The first-order valence-electron chi connectivity index (χ1n) is 9.53. The number of hydrogen-bond acceptors (Lipinski definition) is 9. The largest absolute Gasteiger partial charge is 0.463 e. The van der Waals surface area contributed by atoms with Crippen LogP contribution in [0.1, 0.15) is 11.1 Å². The number of anilines is 2. The van der Waals surface area contributed by atoms with E-state index in [1.54, 1.807) is 23.1 Å². The number of furan rings is 1. The van der Waals surface area contributed by atoms with Gasteiger partial charge >= 0.3 is 0 Å². The van der Waals surface area contributed by atoms with E-state index >= 15 is 0 Å². The van der Waals surface area contributed by atoms with E-state index in [0.29, 0.717) is 29.2 Å². The Labute approximate surface area is 172 Å². The number of hydrogen-bond donors (Lipinski definition) is 2. The van der Waals surface area contributed by atoms with E-state index in [-0.39, 0.29) is 5.95 Å². The Kier molecular flexibility index (Phi) is 5.87. The maximum atomic E-state index is 5.86. The molecule has 30 heavy (non-hydrogen) atoms. The van der Waals surface area contributed by atoms with E-state index in [4.69, 9.17) is 25.4 Å². The van der Waals surface area contributed by atoms with Crippen molar-refractivity contribution >= 4 is 22.8 Å². The van der Waals surface area contributed by atoms with Gasteiger partial charge in [-0.2, -0.15) is 4.98 Å². The quantitative estimate of drug-likeness (QED) is 0.486. The van der Waals surface area contributed by atoms with Crippen LogP contribution in [0.4, 0.5) is 11.6 Å². The Morgan fingerprint density at radius 1 is 1.03 bits per heavy atom. The topological polar surface area (TPSA) is 140 Å². The Morgan fingerprint density at radius 2 is 1.80 bits per heavy atom. The predicted molar refractivity (Wildman–Crippen MR) is 112 cm³/mol. The molecule has 0 saturated carbocycles. The van der Waals surface area contributed by atoms with Crippen LogP contribution in [0.3, 0.4) is 0 Å². The van der Waals surface area contributed by atoms with Gasteiger partial charge in [-0.05, 0) is 36.2 Å². The van der Waals surface area contributed by atoms with Crippen molar-refractivity contribution in [2.45, 2.75) is 13.5 Å². The second-order valence-corrected chi connectivity index (χ2v) is 6.74. The Hall–Kier alpha value is -3.50. The van der Waals surface area contributed by atoms with Crippen molar-refractivity contribution in [1.29, 1.82) is 0 Å². The number of aryl methyl sites for hydroxylation is 1. The van der Waals surface area contributed by atoms with Crippen LogP contribution in [0, 0.1) is 6.92 Å². The van der Waals surface area contributed by atoms with Gasteiger partial charge < -0.3 is 25.4 Å². The average Bonchev–Trinajstić information content (AvgIpc) is 3.43. The summed E-state index contributed by atoms with van der Waals surface area (Å²) in [5, 5.41) is 8.39. The molecule has 1 aliphatic rings. The fraction of sp³-hybridized carbons (Fsp3) is 0.300. The van der Waals surface area contributed by atoms with E-state index in [1.807, 2.05) is 25.1 Å². The molecular weight excluding hydrogens is 386 g/mol. The Morgan fingerprint density at radius 3 is 2.43 bits per heavy atom. The van der Waals surface area contributed by atoms with E-state index in [2.05, 4.69) is 20.3 Å². The molecule has 0 atom stereocenters. The zero-order chi connectivity index (χ0) is 20.9. The van der Waals surface area contributed by atoms with Crippen LogP contribution >= 0.6 is 0 Å². The van der Waals surface area contributed by atoms with Gasteiger partial charge in [0.15, 0.2) is 16.9 Å². The summed E-state index contributed by atoms with van der Waals surface area (Å²) in [5.74, 6) is 0.718. The van der Waals surface area contributed by atoms with E-state index in [9.17, 15) is 0 Å². The molecular formula is C20H23N7O3. The third kappa shape index (κ3) is 4.39. The predicted octanol–water partition coefficient (Wildman–Crippen LogP) is 2.04. The van der Waals surface area contributed by atoms with Gasteiger partial charge in [-0.25, -0.2) is 9.67 Å². The minimum Gasteiger partial charge on any atom is -0.463 e. The Balaban J connectivity index is 0.000000313. The second kappa shape index (κ2) is 8.89. The maximum absolute atomic E-state index is 5.86. The van der Waals surface area contributed by atoms with Gasteiger partial charge in [0.25, 0.3) is 0 Å². The summed E-state index contributed by atoms with van der Waals surface area (Å²) in [4.78, 5) is 8.51. The van der Waals surface area contributed by atoms with Gasteiger partial charge in [0.05, 0.1) is 39.2 Å². The van der Waals surface area contributed by atoms with Crippen molar-refractivity contribution in [3.8, 4) is 11.5 Å². The van der Waals surface area contributed by atoms with Crippen molar-refractivity contribution < 1.29 is 13.9 Å². The summed E-state index contributed by atoms with van der Waals surface area (Å²) in [5.41, 5.74) is 16.2. The highest BCUT2D eigenvalue weighted by Crippen LogP contribution is 2.25. The monoisotopic (exact) mass is 409 g/mol. The highest BCUT2D eigenvalue weighted by atomic mass is 16.6. The molecule has 4 heterocycles. The first-order chi connectivity index (χ1) is 14.6. The molecule has 10 nitrogen and oxygen atoms in total. The van der Waals surface area contributed by atoms with Gasteiger partial charge in [-0.3, -0.25) is 0 Å². The van der Waals surface area contributed by atoms with Crippen molar-refractivity contribution in [3.05, 3.63) is 47.7 Å². The summed E-state index contributed by atoms with van der Waals surface area (Å²) in [6.45, 7) is 5.58. The molecule has 4 aromatic rings. The molecule has 1 aliphatic heterocycles. The number of benzene rings is 1. The first-order valence-corrected chi connectivity index (χ1v) is 9.53. The lowest BCUT2D eigenvalue weighted by atomic mass is 10.1. The zero-order valence-corrected chi connectivity index (χ0v) is 16.6. The summed E-state index contributed by atoms with van der Waals surface area (Å²) < 4.78 is 17.0. The van der Waals surface area contributed by atoms with E-state index in [0.717, 1.165) is 43.2 Å². The minimum atomic E-state index is 0.144. The van der Waals surface area contributed by atoms with E-state index < -0.39 is 0 Å². The standard InChI is InChI=1S/C16H15N7O.C4H8O2/c1-9-7-10(4-5-11(9)17)8-23-15-14(21-22-23)13(19-16(18)20-15)12-3-2-6-24-12;1-2-6-4-3-5-1/h2-7H,8,17H2,1H3,(H2,18,19,20);1-4H2. The van der Waals surface area contributed by atoms with Crippen molar-refractivity contribution in [2.75, 3.05) is 37.9 Å². The maximum Gasteiger partial charge on any atom is 0.222 e. The normalized spacial score (nSPS) is 13.8. The van der Waals surface area contributed by atoms with Crippen LogP contribution in [0.15, 0.2) is 41.0 Å². The van der Waals surface area contributed by atoms with E-state index in [1.165, 1.54) is 0 Å². The molecule has 0 bridgehead atoms. The molecule has 3 aromatic heterocycles. The van der Waals surface area contributed by atoms with Crippen molar-refractivity contribution in [1.82, 2.24) is 25.0 Å². The lowest BCUT2D eigenvalue weighted by Gasteiger charge is -2.09. The third-order valence-electron chi connectivity index (χ3n) is 4.55. The first kappa shape index (κ1) is 19.8. The van der Waals surface area contributed by atoms with Crippen LogP contribution in [-0.2, 0) is 16.0 Å². The van der Waals surface area contributed by atoms with Crippen LogP contribution in [0.5, 0.6) is 0 Å². The molecule has 5 rings (SSSR count). The number of nitrogens with zero attached hydrogens (tertiary/aromatic N) is 5. The van der Waals surface area contributed by atoms with Crippen LogP contribution in [0.25, 0.3) is 22.6 Å². The molecule has 156 valence electrons. The third-order valence-corrected chi connectivity index (χ3v) is 4.55. The molecule has 4 N–H and O–H groups in total. The Bertz CT molecular complexity index is 1110. The number of aromatic nitrogens is 5. The van der Waals surface area contributed by atoms with Gasteiger partial charge in [0, 0.05) is 5.69 Å². The van der Waals surface area contributed by atoms with Crippen LogP contribution in [0.2, 0.25) is 0 Å². The lowest BCUT2D eigenvalue weighted by molar-refractivity contribution is -0.0334. The summed E-state index contributed by atoms with van der Waals surface area (Å²) in [6.07, 6.45) is 1.57. The molecule has 1 aromatic carbocycles. The number of fused-ring (bicyclic) bond motifs is 1. The molecule has 10 heteroatoms. The number of rotatable bonds is 3. The van der Waals surface area contributed by atoms with Crippen molar-refractivity contribution in [3.63, 3.8) is 0 Å². The van der Waals surface area contributed by atoms with Crippen molar-refractivity contribution in [2.24, 2.45) is 0 Å². The summed E-state index contributed by atoms with van der Waals surface area (Å²) in [6, 6.07) is 9.42. The molecule has 0 aliphatic carbocycles. The average molecular weight is 409 g/mol. The fourth-order valence-corrected chi connectivity index (χ4v) is 3.01. The van der Waals surface area contributed by atoms with Crippen LogP contribution < -0.4 is 11.5 Å². The van der Waals surface area contributed by atoms with Gasteiger partial charge in [-0.15, -0.1) is 5.10 Å². The molecule has 0 amide bonds. The van der Waals surface area contributed by atoms with Gasteiger partial charge in [0.2, 0.25) is 5.95 Å². The van der Waals surface area contributed by atoms with Gasteiger partial charge in [-0.1, -0.05) is 17.3 Å². The smallest absolute Gasteiger partial charge is 0.222 e. The van der Waals surface area contributed by atoms with Gasteiger partial charge in [0.1, 0.15) is 5.69 Å². The number of nitrogens with two attached hydrogens (primary N) is 2. The second-order valence-electron chi connectivity index (χ2n) is 6.74. The molecule has 1 fully saturated rings. The minimum absolute atomic E-state index is 0.144. The molecule has 0 unspecified atom stereocenters. The highest BCUT2D eigenvalue weighted by Gasteiger charge is 2.17. The number of ether oxygens (including phenoxy) is 2.